The van der Waals surface area contributed by atoms with Crippen LogP contribution in [0.3, 0.4) is 0 Å². The number of hydrogen-bond donors (Lipinski definition) is 1. The quantitative estimate of drug-likeness (QED) is 0.857. The van der Waals surface area contributed by atoms with Crippen LogP contribution in [-0.2, 0) is 16.1 Å². The first-order valence-electron chi connectivity index (χ1n) is 6.35. The van der Waals surface area contributed by atoms with Crippen LogP contribution in [0, 0.1) is 13.8 Å². The number of aromatic nitrogens is 3. The largest absolute Gasteiger partial charge is 0.464 e. The number of hydrogen-bond acceptors (Lipinski definition) is 5. The Morgan fingerprint density at radius 3 is 2.71 bits per heavy atom. The Morgan fingerprint density at radius 2 is 2.05 bits per heavy atom. The molecule has 0 atom stereocenters. The van der Waals surface area contributed by atoms with Crippen LogP contribution < -0.4 is 5.32 Å². The van der Waals surface area contributed by atoms with Crippen LogP contribution >= 0.6 is 0 Å². The molecule has 0 radical (unpaired) electrons. The summed E-state index contributed by atoms with van der Waals surface area (Å²) in [6, 6.07) is 5.67. The third kappa shape index (κ3) is 3.65. The Kier molecular flexibility index (Phi) is 4.32. The zero-order valence-electron chi connectivity index (χ0n) is 12.1. The molecule has 1 N–H and O–H groups in total. The maximum atomic E-state index is 11.9. The maximum Gasteiger partial charge on any atom is 0.360 e. The topological polar surface area (TPSA) is 86.1 Å². The molecule has 7 nitrogen and oxygen atoms in total. The van der Waals surface area contributed by atoms with Crippen molar-refractivity contribution in [1.82, 2.24) is 15.0 Å². The molecule has 110 valence electrons. The summed E-state index contributed by atoms with van der Waals surface area (Å²) >= 11 is 0. The molecule has 0 unspecified atom stereocenters. The Morgan fingerprint density at radius 1 is 1.29 bits per heavy atom. The van der Waals surface area contributed by atoms with Crippen LogP contribution in [0.25, 0.3) is 0 Å². The molecule has 0 fully saturated rings. The number of nitrogens with one attached hydrogen (secondary N) is 1. The molecule has 21 heavy (non-hydrogen) atoms. The van der Waals surface area contributed by atoms with Crippen LogP contribution in [0.2, 0.25) is 0 Å². The Labute approximate surface area is 121 Å². The lowest BCUT2D eigenvalue weighted by atomic mass is 10.1. The van der Waals surface area contributed by atoms with E-state index in [-0.39, 0.29) is 18.1 Å². The number of carbonyl (C=O) groups is 2. The van der Waals surface area contributed by atoms with Crippen molar-refractivity contribution in [1.29, 1.82) is 0 Å². The third-order valence-corrected chi connectivity index (χ3v) is 3.03. The van der Waals surface area contributed by atoms with Crippen molar-refractivity contribution < 1.29 is 14.3 Å². The second-order valence-corrected chi connectivity index (χ2v) is 4.64. The van der Waals surface area contributed by atoms with E-state index in [9.17, 15) is 9.59 Å². The predicted molar refractivity (Wildman–Crippen MR) is 75.9 cm³/mol. The second-order valence-electron chi connectivity index (χ2n) is 4.64. The molecule has 0 aliphatic rings. The molecule has 2 aromatic rings. The minimum Gasteiger partial charge on any atom is -0.464 e. The molecular formula is C14H16N4O3. The van der Waals surface area contributed by atoms with E-state index >= 15 is 0 Å². The molecule has 0 spiro atoms. The van der Waals surface area contributed by atoms with E-state index in [1.807, 2.05) is 32.0 Å². The first kappa shape index (κ1) is 14.7. The lowest BCUT2D eigenvalue weighted by molar-refractivity contribution is -0.116. The number of ether oxygens (including phenoxy) is 1. The van der Waals surface area contributed by atoms with Crippen molar-refractivity contribution in [2.75, 3.05) is 12.4 Å². The van der Waals surface area contributed by atoms with Crippen LogP contribution in [0.5, 0.6) is 0 Å². The second kappa shape index (κ2) is 6.17. The number of methoxy groups -OCH3 is 1. The van der Waals surface area contributed by atoms with Gasteiger partial charge in [0, 0.05) is 5.69 Å². The molecule has 0 saturated carbocycles. The van der Waals surface area contributed by atoms with Gasteiger partial charge in [0.15, 0.2) is 5.69 Å². The van der Waals surface area contributed by atoms with Crippen LogP contribution in [0.15, 0.2) is 24.4 Å². The minimum absolute atomic E-state index is 0.0308. The van der Waals surface area contributed by atoms with E-state index < -0.39 is 5.97 Å². The molecule has 0 saturated heterocycles. The summed E-state index contributed by atoms with van der Waals surface area (Å²) in [5.41, 5.74) is 3.04. The van der Waals surface area contributed by atoms with Crippen molar-refractivity contribution in [3.05, 3.63) is 41.2 Å². The van der Waals surface area contributed by atoms with Gasteiger partial charge in [-0.1, -0.05) is 11.3 Å². The summed E-state index contributed by atoms with van der Waals surface area (Å²) in [6.45, 7) is 3.95. The highest BCUT2D eigenvalue weighted by atomic mass is 16.5. The number of amides is 1. The molecule has 1 amide bonds. The molecule has 2 rings (SSSR count). The normalized spacial score (nSPS) is 10.2. The summed E-state index contributed by atoms with van der Waals surface area (Å²) in [6.07, 6.45) is 1.37. The van der Waals surface area contributed by atoms with Gasteiger partial charge in [-0.25, -0.2) is 9.48 Å². The fourth-order valence-corrected chi connectivity index (χ4v) is 1.74. The highest BCUT2D eigenvalue weighted by Gasteiger charge is 2.12. The van der Waals surface area contributed by atoms with Gasteiger partial charge in [-0.15, -0.1) is 5.10 Å². The highest BCUT2D eigenvalue weighted by molar-refractivity contribution is 5.91. The summed E-state index contributed by atoms with van der Waals surface area (Å²) in [4.78, 5) is 23.1. The Balaban J connectivity index is 1.99. The molecular weight excluding hydrogens is 272 g/mol. The standard InChI is InChI=1S/C14H16N4O3/c1-9-4-5-11(6-10(9)2)15-13(19)8-18-7-12(16-17-18)14(20)21-3/h4-7H,8H2,1-3H3,(H,15,19). The number of rotatable bonds is 4. The van der Waals surface area contributed by atoms with Gasteiger partial charge in [0.1, 0.15) is 6.54 Å². The van der Waals surface area contributed by atoms with E-state index in [0.29, 0.717) is 0 Å². The molecule has 0 aliphatic heterocycles. The van der Waals surface area contributed by atoms with Gasteiger partial charge in [-0.3, -0.25) is 4.79 Å². The first-order chi connectivity index (χ1) is 9.99. The van der Waals surface area contributed by atoms with Gasteiger partial charge in [-0.2, -0.15) is 0 Å². The SMILES string of the molecule is COC(=O)c1cn(CC(=O)Nc2ccc(C)c(C)c2)nn1. The number of anilines is 1. The predicted octanol–water partition coefficient (Wildman–Crippen LogP) is 1.32. The van der Waals surface area contributed by atoms with E-state index in [0.717, 1.165) is 16.8 Å². The lowest BCUT2D eigenvalue weighted by Crippen LogP contribution is -2.19. The first-order valence-corrected chi connectivity index (χ1v) is 6.35. The summed E-state index contributed by atoms with van der Waals surface area (Å²) in [5.74, 6) is -0.838. The molecule has 0 bridgehead atoms. The zero-order chi connectivity index (χ0) is 15.4. The summed E-state index contributed by atoms with van der Waals surface area (Å²) < 4.78 is 5.80. The van der Waals surface area contributed by atoms with Gasteiger partial charge < -0.3 is 10.1 Å². The van der Waals surface area contributed by atoms with Crippen LogP contribution in [0.4, 0.5) is 5.69 Å². The van der Waals surface area contributed by atoms with Crippen molar-refractivity contribution in [2.24, 2.45) is 0 Å². The third-order valence-electron chi connectivity index (χ3n) is 3.03. The van der Waals surface area contributed by atoms with E-state index in [4.69, 9.17) is 0 Å². The lowest BCUT2D eigenvalue weighted by Gasteiger charge is -2.07. The number of aryl methyl sites for hydroxylation is 2. The average Bonchev–Trinajstić information content (AvgIpc) is 2.90. The van der Waals surface area contributed by atoms with Crippen molar-refractivity contribution in [3.8, 4) is 0 Å². The van der Waals surface area contributed by atoms with Crippen molar-refractivity contribution in [2.45, 2.75) is 20.4 Å². The maximum absolute atomic E-state index is 11.9. The van der Waals surface area contributed by atoms with E-state index in [2.05, 4.69) is 20.4 Å². The fourth-order valence-electron chi connectivity index (χ4n) is 1.74. The average molecular weight is 288 g/mol. The van der Waals surface area contributed by atoms with E-state index in [1.54, 1.807) is 0 Å². The minimum atomic E-state index is -0.587. The van der Waals surface area contributed by atoms with Crippen molar-refractivity contribution in [3.63, 3.8) is 0 Å². The van der Waals surface area contributed by atoms with Crippen LogP contribution in [0.1, 0.15) is 21.6 Å². The smallest absolute Gasteiger partial charge is 0.360 e. The molecule has 1 aromatic heterocycles. The van der Waals surface area contributed by atoms with Crippen molar-refractivity contribution >= 4 is 17.6 Å². The number of nitrogens with zero attached hydrogens (tertiary/aromatic N) is 3. The van der Waals surface area contributed by atoms with Gasteiger partial charge >= 0.3 is 5.97 Å². The Bertz CT molecular complexity index is 679. The van der Waals surface area contributed by atoms with Crippen LogP contribution in [-0.4, -0.2) is 34.0 Å². The van der Waals surface area contributed by atoms with E-state index in [1.165, 1.54) is 18.0 Å². The Hall–Kier alpha value is -2.70. The fraction of sp³-hybridized carbons (Fsp3) is 0.286. The molecule has 1 aromatic carbocycles. The number of esters is 1. The molecule has 0 aliphatic carbocycles. The highest BCUT2D eigenvalue weighted by Crippen LogP contribution is 2.14. The van der Waals surface area contributed by atoms with Gasteiger partial charge in [-0.05, 0) is 37.1 Å². The zero-order valence-corrected chi connectivity index (χ0v) is 12.1. The number of benzene rings is 1. The molecule has 1 heterocycles. The monoisotopic (exact) mass is 288 g/mol. The summed E-state index contributed by atoms with van der Waals surface area (Å²) in [7, 11) is 1.26. The molecule has 7 heteroatoms. The van der Waals surface area contributed by atoms with Gasteiger partial charge in [0.25, 0.3) is 0 Å². The summed E-state index contributed by atoms with van der Waals surface area (Å²) in [5, 5.41) is 10.1. The van der Waals surface area contributed by atoms with Gasteiger partial charge in [0.2, 0.25) is 5.91 Å². The van der Waals surface area contributed by atoms with Gasteiger partial charge in [0.05, 0.1) is 13.3 Å². The number of carbonyl (C=O) groups excluding carboxylic acids is 2.